The molecule has 2 N–H and O–H groups in total. The second-order valence-corrected chi connectivity index (χ2v) is 5.11. The van der Waals surface area contributed by atoms with Gasteiger partial charge in [0.1, 0.15) is 5.75 Å². The van der Waals surface area contributed by atoms with E-state index in [9.17, 15) is 4.79 Å². The van der Waals surface area contributed by atoms with E-state index in [0.29, 0.717) is 17.0 Å². The highest BCUT2D eigenvalue weighted by Gasteiger charge is 2.16. The van der Waals surface area contributed by atoms with Gasteiger partial charge in [0.15, 0.2) is 0 Å². The van der Waals surface area contributed by atoms with Crippen molar-refractivity contribution in [3.8, 4) is 5.75 Å². The number of anilines is 2. The van der Waals surface area contributed by atoms with Crippen LogP contribution < -0.4 is 15.4 Å². The molecule has 1 amide bonds. The molecule has 110 valence electrons. The lowest BCUT2D eigenvalue weighted by Crippen LogP contribution is -2.27. The largest absolute Gasteiger partial charge is 0.495 e. The molecule has 0 saturated carbocycles. The number of ether oxygens (including phenoxy) is 1. The lowest BCUT2D eigenvalue weighted by atomic mass is 10.1. The summed E-state index contributed by atoms with van der Waals surface area (Å²) in [6.45, 7) is 4.03. The monoisotopic (exact) mass is 284 g/mol. The zero-order chi connectivity index (χ0) is 15.6. The second kappa shape index (κ2) is 5.87. The number of nitrogen functional groups attached to an aromatic ring is 1. The molecule has 0 aliphatic carbocycles. The van der Waals surface area contributed by atoms with Crippen molar-refractivity contribution in [2.45, 2.75) is 13.8 Å². The number of aryl methyl sites for hydroxylation is 2. The summed E-state index contributed by atoms with van der Waals surface area (Å²) in [5.74, 6) is 0.469. The number of hydrogen-bond acceptors (Lipinski definition) is 3. The van der Waals surface area contributed by atoms with Crippen molar-refractivity contribution >= 4 is 17.3 Å². The van der Waals surface area contributed by atoms with Gasteiger partial charge in [0.05, 0.1) is 12.8 Å². The third kappa shape index (κ3) is 2.99. The number of nitrogens with two attached hydrogens (primary N) is 1. The number of hydrogen-bond donors (Lipinski definition) is 1. The molecule has 0 saturated heterocycles. The third-order valence-corrected chi connectivity index (χ3v) is 3.49. The summed E-state index contributed by atoms with van der Waals surface area (Å²) in [7, 11) is 3.31. The van der Waals surface area contributed by atoms with Crippen molar-refractivity contribution in [1.29, 1.82) is 0 Å². The van der Waals surface area contributed by atoms with Gasteiger partial charge < -0.3 is 15.4 Å². The molecular formula is C17H20N2O2. The number of amides is 1. The van der Waals surface area contributed by atoms with Gasteiger partial charge in [-0.2, -0.15) is 0 Å². The van der Waals surface area contributed by atoms with E-state index in [1.165, 1.54) is 5.56 Å². The molecule has 4 heteroatoms. The summed E-state index contributed by atoms with van der Waals surface area (Å²) in [4.78, 5) is 14.2. The van der Waals surface area contributed by atoms with Crippen LogP contribution in [0.2, 0.25) is 0 Å². The van der Waals surface area contributed by atoms with E-state index in [0.717, 1.165) is 11.3 Å². The lowest BCUT2D eigenvalue weighted by Gasteiger charge is -2.20. The van der Waals surface area contributed by atoms with Crippen LogP contribution in [0, 0.1) is 13.8 Å². The van der Waals surface area contributed by atoms with Crippen LogP contribution in [0.3, 0.4) is 0 Å². The first kappa shape index (κ1) is 14.9. The highest BCUT2D eigenvalue weighted by atomic mass is 16.5. The Balaban J connectivity index is 2.32. The Kier molecular flexibility index (Phi) is 4.17. The van der Waals surface area contributed by atoms with Crippen LogP contribution in [0.5, 0.6) is 5.75 Å². The zero-order valence-corrected chi connectivity index (χ0v) is 12.8. The quantitative estimate of drug-likeness (QED) is 0.881. The molecule has 21 heavy (non-hydrogen) atoms. The maximum Gasteiger partial charge on any atom is 0.258 e. The van der Waals surface area contributed by atoms with Crippen molar-refractivity contribution in [3.63, 3.8) is 0 Å². The lowest BCUT2D eigenvalue weighted by molar-refractivity contribution is 0.0993. The standard InChI is InChI=1S/C17H20N2O2/c1-11-5-7-15(12(2)9-11)19(3)17(20)13-6-8-16(21-4)14(18)10-13/h5-10H,18H2,1-4H3. The summed E-state index contributed by atoms with van der Waals surface area (Å²) in [5.41, 5.74) is 9.98. The first-order chi connectivity index (χ1) is 9.93. The van der Waals surface area contributed by atoms with Gasteiger partial charge in [-0.1, -0.05) is 17.7 Å². The Hall–Kier alpha value is -2.49. The van der Waals surface area contributed by atoms with E-state index in [4.69, 9.17) is 10.5 Å². The normalized spacial score (nSPS) is 10.3. The summed E-state index contributed by atoms with van der Waals surface area (Å²) in [6, 6.07) is 11.1. The average molecular weight is 284 g/mol. The van der Waals surface area contributed by atoms with Gasteiger partial charge >= 0.3 is 0 Å². The Morgan fingerprint density at radius 3 is 2.43 bits per heavy atom. The number of rotatable bonds is 3. The van der Waals surface area contributed by atoms with Gasteiger partial charge in [0.2, 0.25) is 0 Å². The maximum atomic E-state index is 12.6. The molecule has 0 unspecified atom stereocenters. The van der Waals surface area contributed by atoms with Crippen molar-refractivity contribution in [2.75, 3.05) is 24.8 Å². The number of carbonyl (C=O) groups is 1. The number of methoxy groups -OCH3 is 1. The van der Waals surface area contributed by atoms with Crippen molar-refractivity contribution in [1.82, 2.24) is 0 Å². The molecule has 4 nitrogen and oxygen atoms in total. The van der Waals surface area contributed by atoms with Crippen molar-refractivity contribution < 1.29 is 9.53 Å². The molecule has 2 aromatic carbocycles. The summed E-state index contributed by atoms with van der Waals surface area (Å²) in [5, 5.41) is 0. The molecule has 0 radical (unpaired) electrons. The zero-order valence-electron chi connectivity index (χ0n) is 12.8. The highest BCUT2D eigenvalue weighted by molar-refractivity contribution is 6.06. The molecule has 0 heterocycles. The second-order valence-electron chi connectivity index (χ2n) is 5.11. The molecule has 0 bridgehead atoms. The van der Waals surface area contributed by atoms with Crippen molar-refractivity contribution in [3.05, 3.63) is 53.1 Å². The molecule has 0 fully saturated rings. The molecular weight excluding hydrogens is 264 g/mol. The van der Waals surface area contributed by atoms with E-state index < -0.39 is 0 Å². The SMILES string of the molecule is COc1ccc(C(=O)N(C)c2ccc(C)cc2C)cc1N. The van der Waals surface area contributed by atoms with Crippen LogP contribution in [0.1, 0.15) is 21.5 Å². The molecule has 2 aromatic rings. The molecule has 2 rings (SSSR count). The first-order valence-corrected chi connectivity index (χ1v) is 6.73. The summed E-state index contributed by atoms with van der Waals surface area (Å²) in [6.07, 6.45) is 0. The van der Waals surface area contributed by atoms with Gasteiger partial charge in [-0.25, -0.2) is 0 Å². The summed E-state index contributed by atoms with van der Waals surface area (Å²) >= 11 is 0. The van der Waals surface area contributed by atoms with E-state index in [2.05, 4.69) is 6.07 Å². The van der Waals surface area contributed by atoms with Crippen LogP contribution in [0.15, 0.2) is 36.4 Å². The minimum absolute atomic E-state index is 0.101. The number of nitrogens with zero attached hydrogens (tertiary/aromatic N) is 1. The van der Waals surface area contributed by atoms with Gasteiger partial charge in [-0.05, 0) is 43.7 Å². The van der Waals surface area contributed by atoms with Crippen LogP contribution >= 0.6 is 0 Å². The minimum atomic E-state index is -0.101. The van der Waals surface area contributed by atoms with Crippen molar-refractivity contribution in [2.24, 2.45) is 0 Å². The maximum absolute atomic E-state index is 12.6. The Bertz CT molecular complexity index is 680. The summed E-state index contributed by atoms with van der Waals surface area (Å²) < 4.78 is 5.11. The van der Waals surface area contributed by atoms with Gasteiger partial charge in [-0.3, -0.25) is 4.79 Å². The molecule has 0 aromatic heterocycles. The van der Waals surface area contributed by atoms with Gasteiger partial charge in [0.25, 0.3) is 5.91 Å². The van der Waals surface area contributed by atoms with Crippen LogP contribution in [-0.2, 0) is 0 Å². The Labute approximate surface area is 125 Å². The number of carbonyl (C=O) groups excluding carboxylic acids is 1. The predicted molar refractivity (Wildman–Crippen MR) is 86.1 cm³/mol. The molecule has 0 spiro atoms. The third-order valence-electron chi connectivity index (χ3n) is 3.49. The van der Waals surface area contributed by atoms with E-state index in [1.54, 1.807) is 37.3 Å². The average Bonchev–Trinajstić information content (AvgIpc) is 2.45. The van der Waals surface area contributed by atoms with Crippen LogP contribution in [-0.4, -0.2) is 20.1 Å². The Morgan fingerprint density at radius 1 is 1.14 bits per heavy atom. The number of benzene rings is 2. The van der Waals surface area contributed by atoms with E-state index in [1.807, 2.05) is 26.0 Å². The first-order valence-electron chi connectivity index (χ1n) is 6.73. The molecule has 0 aliphatic rings. The minimum Gasteiger partial charge on any atom is -0.495 e. The smallest absolute Gasteiger partial charge is 0.258 e. The fraction of sp³-hybridized carbons (Fsp3) is 0.235. The Morgan fingerprint density at radius 2 is 1.86 bits per heavy atom. The molecule has 0 aliphatic heterocycles. The van der Waals surface area contributed by atoms with Gasteiger partial charge in [0, 0.05) is 18.3 Å². The fourth-order valence-electron chi connectivity index (χ4n) is 2.35. The fourth-order valence-corrected chi connectivity index (χ4v) is 2.35. The van der Waals surface area contributed by atoms with Gasteiger partial charge in [-0.15, -0.1) is 0 Å². The van der Waals surface area contributed by atoms with E-state index >= 15 is 0 Å². The van der Waals surface area contributed by atoms with Crippen LogP contribution in [0.4, 0.5) is 11.4 Å². The highest BCUT2D eigenvalue weighted by Crippen LogP contribution is 2.25. The molecule has 0 atom stereocenters. The van der Waals surface area contributed by atoms with Crippen LogP contribution in [0.25, 0.3) is 0 Å². The predicted octanol–water partition coefficient (Wildman–Crippen LogP) is 3.17. The topological polar surface area (TPSA) is 55.6 Å². The van der Waals surface area contributed by atoms with E-state index in [-0.39, 0.29) is 5.91 Å².